The van der Waals surface area contributed by atoms with Gasteiger partial charge in [-0.25, -0.2) is 4.98 Å². The molecule has 1 atom stereocenters. The highest BCUT2D eigenvalue weighted by molar-refractivity contribution is 4.96. The van der Waals surface area contributed by atoms with Gasteiger partial charge in [0.15, 0.2) is 0 Å². The van der Waals surface area contributed by atoms with Gasteiger partial charge in [-0.15, -0.1) is 0 Å². The first kappa shape index (κ1) is 15.8. The molecule has 0 amide bonds. The average Bonchev–Trinajstić information content (AvgIpc) is 3.16. The molecule has 2 aromatic heterocycles. The van der Waals surface area contributed by atoms with Gasteiger partial charge in [0.25, 0.3) is 0 Å². The highest BCUT2D eigenvalue weighted by Gasteiger charge is 2.04. The van der Waals surface area contributed by atoms with Crippen molar-refractivity contribution in [2.45, 2.75) is 32.1 Å². The molecular formula is C15H23N3O3. The van der Waals surface area contributed by atoms with Gasteiger partial charge < -0.3 is 24.1 Å². The third-order valence-electron chi connectivity index (χ3n) is 3.09. The Morgan fingerprint density at radius 1 is 1.43 bits per heavy atom. The maximum Gasteiger partial charge on any atom is 0.129 e. The molecule has 0 spiro atoms. The molecule has 0 aliphatic carbocycles. The number of aryl methyl sites for hydroxylation is 1. The van der Waals surface area contributed by atoms with Crippen LogP contribution in [0.25, 0.3) is 0 Å². The van der Waals surface area contributed by atoms with Crippen molar-refractivity contribution >= 4 is 0 Å². The molecular weight excluding hydrogens is 270 g/mol. The topological polar surface area (TPSA) is 72.5 Å². The minimum Gasteiger partial charge on any atom is -0.467 e. The average molecular weight is 293 g/mol. The lowest BCUT2D eigenvalue weighted by molar-refractivity contribution is 0.0227. The number of furan rings is 1. The van der Waals surface area contributed by atoms with Crippen LogP contribution in [0.3, 0.4) is 0 Å². The standard InChI is InChI=1S/C15H23N3O3/c19-14(11-20-12-15-4-3-9-21-15)10-16-5-1-2-7-18-8-6-17-13-18/h3-4,6,8-9,13-14,16,19H,1-2,5,7,10-12H2. The van der Waals surface area contributed by atoms with Gasteiger partial charge in [0.1, 0.15) is 12.4 Å². The third kappa shape index (κ3) is 6.57. The molecule has 1 unspecified atom stereocenters. The van der Waals surface area contributed by atoms with Crippen molar-refractivity contribution in [3.05, 3.63) is 42.9 Å². The zero-order valence-corrected chi connectivity index (χ0v) is 12.1. The molecule has 2 N–H and O–H groups in total. The number of aromatic nitrogens is 2. The maximum absolute atomic E-state index is 9.75. The summed E-state index contributed by atoms with van der Waals surface area (Å²) in [4.78, 5) is 4.00. The van der Waals surface area contributed by atoms with Crippen LogP contribution < -0.4 is 5.32 Å². The minimum atomic E-state index is -0.492. The number of unbranched alkanes of at least 4 members (excludes halogenated alkanes) is 1. The van der Waals surface area contributed by atoms with Crippen LogP contribution >= 0.6 is 0 Å². The number of nitrogens with one attached hydrogen (secondary N) is 1. The van der Waals surface area contributed by atoms with E-state index in [2.05, 4.69) is 14.9 Å². The van der Waals surface area contributed by atoms with Gasteiger partial charge in [-0.1, -0.05) is 0 Å². The molecule has 0 saturated heterocycles. The summed E-state index contributed by atoms with van der Waals surface area (Å²) in [5.74, 6) is 0.773. The number of rotatable bonds is 11. The van der Waals surface area contributed by atoms with Crippen molar-refractivity contribution in [2.75, 3.05) is 19.7 Å². The normalized spacial score (nSPS) is 12.6. The fourth-order valence-electron chi connectivity index (χ4n) is 1.98. The zero-order valence-electron chi connectivity index (χ0n) is 12.1. The smallest absolute Gasteiger partial charge is 0.129 e. The predicted molar refractivity (Wildman–Crippen MR) is 78.7 cm³/mol. The van der Waals surface area contributed by atoms with Crippen LogP contribution in [-0.4, -0.2) is 40.5 Å². The molecule has 2 rings (SSSR count). The highest BCUT2D eigenvalue weighted by atomic mass is 16.5. The summed E-state index contributed by atoms with van der Waals surface area (Å²) in [6.07, 6.45) is 8.86. The van der Waals surface area contributed by atoms with Crippen molar-refractivity contribution in [1.29, 1.82) is 0 Å². The number of nitrogens with zero attached hydrogens (tertiary/aromatic N) is 2. The molecule has 0 fully saturated rings. The first-order valence-corrected chi connectivity index (χ1v) is 7.29. The number of hydrogen-bond donors (Lipinski definition) is 2. The number of aliphatic hydroxyl groups excluding tert-OH is 1. The first-order valence-electron chi connectivity index (χ1n) is 7.29. The lowest BCUT2D eigenvalue weighted by atomic mass is 10.3. The van der Waals surface area contributed by atoms with Gasteiger partial charge in [0.2, 0.25) is 0 Å². The highest BCUT2D eigenvalue weighted by Crippen LogP contribution is 2.02. The SMILES string of the molecule is OC(CNCCCCn1ccnc1)COCc1ccco1. The number of hydrogen-bond acceptors (Lipinski definition) is 5. The second-order valence-corrected chi connectivity index (χ2v) is 4.96. The largest absolute Gasteiger partial charge is 0.467 e. The summed E-state index contributed by atoms with van der Waals surface area (Å²) in [5, 5.41) is 13.0. The molecule has 0 radical (unpaired) electrons. The maximum atomic E-state index is 9.75. The lowest BCUT2D eigenvalue weighted by Gasteiger charge is -2.12. The Hall–Kier alpha value is -1.63. The van der Waals surface area contributed by atoms with Crippen molar-refractivity contribution < 1.29 is 14.3 Å². The van der Waals surface area contributed by atoms with E-state index in [9.17, 15) is 5.11 Å². The summed E-state index contributed by atoms with van der Waals surface area (Å²) in [6, 6.07) is 3.67. The van der Waals surface area contributed by atoms with Gasteiger partial charge in [-0.2, -0.15) is 0 Å². The predicted octanol–water partition coefficient (Wildman–Crippen LogP) is 1.42. The van der Waals surface area contributed by atoms with Crippen LogP contribution in [0.4, 0.5) is 0 Å². The first-order chi connectivity index (χ1) is 10.3. The summed E-state index contributed by atoms with van der Waals surface area (Å²) in [5.41, 5.74) is 0. The van der Waals surface area contributed by atoms with E-state index in [-0.39, 0.29) is 0 Å². The molecule has 0 bridgehead atoms. The van der Waals surface area contributed by atoms with Crippen LogP contribution in [0.2, 0.25) is 0 Å². The van der Waals surface area contributed by atoms with E-state index in [4.69, 9.17) is 9.15 Å². The Bertz CT molecular complexity index is 456. The second-order valence-electron chi connectivity index (χ2n) is 4.96. The van der Waals surface area contributed by atoms with Crippen LogP contribution in [-0.2, 0) is 17.9 Å². The molecule has 6 heteroatoms. The second kappa shape index (κ2) is 9.33. The van der Waals surface area contributed by atoms with Crippen molar-refractivity contribution in [2.24, 2.45) is 0 Å². The monoisotopic (exact) mass is 293 g/mol. The number of imidazole rings is 1. The van der Waals surface area contributed by atoms with Gasteiger partial charge in [-0.05, 0) is 31.5 Å². The zero-order chi connectivity index (χ0) is 14.8. The number of aliphatic hydroxyl groups is 1. The van der Waals surface area contributed by atoms with E-state index >= 15 is 0 Å². The molecule has 0 aliphatic rings. The van der Waals surface area contributed by atoms with E-state index in [1.807, 2.05) is 24.7 Å². The van der Waals surface area contributed by atoms with Crippen LogP contribution in [0.5, 0.6) is 0 Å². The fraction of sp³-hybridized carbons (Fsp3) is 0.533. The summed E-state index contributed by atoms with van der Waals surface area (Å²) < 4.78 is 12.6. The Labute approximate surface area is 124 Å². The fourth-order valence-corrected chi connectivity index (χ4v) is 1.98. The third-order valence-corrected chi connectivity index (χ3v) is 3.09. The molecule has 2 heterocycles. The minimum absolute atomic E-state index is 0.308. The molecule has 116 valence electrons. The van der Waals surface area contributed by atoms with E-state index in [1.54, 1.807) is 12.5 Å². The van der Waals surface area contributed by atoms with Crippen LogP contribution in [0.1, 0.15) is 18.6 Å². The molecule has 0 aromatic carbocycles. The van der Waals surface area contributed by atoms with Crippen molar-refractivity contribution in [3.8, 4) is 0 Å². The molecule has 21 heavy (non-hydrogen) atoms. The Balaban J connectivity index is 1.41. The molecule has 0 aliphatic heterocycles. The number of ether oxygens (including phenoxy) is 1. The van der Waals surface area contributed by atoms with Gasteiger partial charge in [0, 0.05) is 25.5 Å². The molecule has 0 saturated carbocycles. The summed E-state index contributed by atoms with van der Waals surface area (Å²) in [6.45, 7) is 3.13. The van der Waals surface area contributed by atoms with Crippen molar-refractivity contribution in [1.82, 2.24) is 14.9 Å². The van der Waals surface area contributed by atoms with Gasteiger partial charge >= 0.3 is 0 Å². The van der Waals surface area contributed by atoms with Crippen molar-refractivity contribution in [3.63, 3.8) is 0 Å². The van der Waals surface area contributed by atoms with E-state index in [1.165, 1.54) is 0 Å². The Morgan fingerprint density at radius 2 is 2.38 bits per heavy atom. The Kier molecular flexibility index (Phi) is 7.00. The van der Waals surface area contributed by atoms with E-state index < -0.39 is 6.10 Å². The summed E-state index contributed by atoms with van der Waals surface area (Å²) in [7, 11) is 0. The van der Waals surface area contributed by atoms with E-state index in [0.29, 0.717) is 19.8 Å². The van der Waals surface area contributed by atoms with E-state index in [0.717, 1.165) is 31.7 Å². The van der Waals surface area contributed by atoms with Gasteiger partial charge in [-0.3, -0.25) is 0 Å². The Morgan fingerprint density at radius 3 is 3.14 bits per heavy atom. The van der Waals surface area contributed by atoms with Gasteiger partial charge in [0.05, 0.1) is 25.3 Å². The van der Waals surface area contributed by atoms with Crippen LogP contribution in [0, 0.1) is 0 Å². The lowest BCUT2D eigenvalue weighted by Crippen LogP contribution is -2.31. The summed E-state index contributed by atoms with van der Waals surface area (Å²) >= 11 is 0. The van der Waals surface area contributed by atoms with Crippen LogP contribution in [0.15, 0.2) is 41.5 Å². The quantitative estimate of drug-likeness (QED) is 0.613. The molecule has 2 aromatic rings. The molecule has 6 nitrogen and oxygen atoms in total.